The Kier molecular flexibility index (Phi) is 7.68. The number of fused-ring (bicyclic) bond motifs is 3. The van der Waals surface area contributed by atoms with E-state index in [9.17, 15) is 18.8 Å². The van der Waals surface area contributed by atoms with Crippen LogP contribution < -0.4 is 16.2 Å². The van der Waals surface area contributed by atoms with Gasteiger partial charge in [0.2, 0.25) is 11.7 Å². The zero-order valence-electron chi connectivity index (χ0n) is 20.2. The molecule has 9 nitrogen and oxygen atoms in total. The summed E-state index contributed by atoms with van der Waals surface area (Å²) >= 11 is 1.13. The molecule has 0 radical (unpaired) electrons. The summed E-state index contributed by atoms with van der Waals surface area (Å²) in [5.41, 5.74) is 1.02. The van der Waals surface area contributed by atoms with Gasteiger partial charge in [0.15, 0.2) is 5.16 Å². The second-order valence-corrected chi connectivity index (χ2v) is 9.70. The summed E-state index contributed by atoms with van der Waals surface area (Å²) in [6.45, 7) is 6.94. The maximum Gasteiger partial charge on any atom is 0.262 e. The van der Waals surface area contributed by atoms with Crippen molar-refractivity contribution in [1.82, 2.24) is 24.5 Å². The van der Waals surface area contributed by atoms with Crippen LogP contribution in [0.2, 0.25) is 0 Å². The predicted molar refractivity (Wildman–Crippen MR) is 138 cm³/mol. The van der Waals surface area contributed by atoms with Gasteiger partial charge in [-0.25, -0.2) is 4.39 Å². The lowest BCUT2D eigenvalue weighted by atomic mass is 10.1. The third kappa shape index (κ3) is 5.40. The van der Waals surface area contributed by atoms with E-state index in [4.69, 9.17) is 0 Å². The number of hydrogen-bond acceptors (Lipinski definition) is 6. The molecule has 2 aromatic carbocycles. The summed E-state index contributed by atoms with van der Waals surface area (Å²) in [6, 6.07) is 10.6. The molecular weight excluding hydrogens is 483 g/mol. The normalized spacial score (nSPS) is 11.4. The van der Waals surface area contributed by atoms with Crippen LogP contribution in [0, 0.1) is 11.7 Å². The van der Waals surface area contributed by atoms with Crippen molar-refractivity contribution in [3.8, 4) is 0 Å². The maximum absolute atomic E-state index is 13.4. The van der Waals surface area contributed by atoms with Crippen molar-refractivity contribution in [3.63, 3.8) is 0 Å². The highest BCUT2D eigenvalue weighted by Gasteiger charge is 2.19. The van der Waals surface area contributed by atoms with Crippen LogP contribution in [0.4, 0.5) is 10.1 Å². The molecule has 11 heteroatoms. The number of nitrogens with one attached hydrogen (secondary N) is 2. The van der Waals surface area contributed by atoms with Gasteiger partial charge in [-0.15, -0.1) is 10.2 Å². The van der Waals surface area contributed by atoms with E-state index in [2.05, 4.69) is 20.8 Å². The molecule has 0 aliphatic carbocycles. The van der Waals surface area contributed by atoms with Gasteiger partial charge in [0, 0.05) is 24.3 Å². The fourth-order valence-electron chi connectivity index (χ4n) is 3.73. The fourth-order valence-corrected chi connectivity index (χ4v) is 4.47. The van der Waals surface area contributed by atoms with Crippen LogP contribution in [0.15, 0.2) is 52.4 Å². The van der Waals surface area contributed by atoms with Gasteiger partial charge in [-0.05, 0) is 48.7 Å². The van der Waals surface area contributed by atoms with Gasteiger partial charge in [0.1, 0.15) is 5.82 Å². The van der Waals surface area contributed by atoms with Crippen LogP contribution in [0.5, 0.6) is 0 Å². The molecule has 0 aliphatic rings. The van der Waals surface area contributed by atoms with Crippen LogP contribution in [-0.4, -0.2) is 43.3 Å². The Morgan fingerprint density at radius 3 is 2.67 bits per heavy atom. The maximum atomic E-state index is 13.4. The molecule has 2 N–H and O–H groups in total. The highest BCUT2D eigenvalue weighted by Crippen LogP contribution is 2.23. The highest BCUT2D eigenvalue weighted by molar-refractivity contribution is 7.99. The Hall–Kier alpha value is -3.73. The number of hydrogen-bond donors (Lipinski definition) is 2. The molecule has 0 atom stereocenters. The Morgan fingerprint density at radius 1 is 1.14 bits per heavy atom. The Balaban J connectivity index is 1.71. The first-order valence-electron chi connectivity index (χ1n) is 11.7. The van der Waals surface area contributed by atoms with Crippen molar-refractivity contribution < 1.29 is 14.0 Å². The van der Waals surface area contributed by atoms with E-state index in [-0.39, 0.29) is 23.1 Å². The van der Waals surface area contributed by atoms with Crippen molar-refractivity contribution in [2.45, 2.75) is 38.9 Å². The monoisotopic (exact) mass is 510 g/mol. The topological polar surface area (TPSA) is 110 Å². The number of aromatic nitrogens is 4. The minimum absolute atomic E-state index is 0.0136. The summed E-state index contributed by atoms with van der Waals surface area (Å²) in [5, 5.41) is 14.8. The van der Waals surface area contributed by atoms with Gasteiger partial charge < -0.3 is 10.6 Å². The van der Waals surface area contributed by atoms with E-state index in [0.717, 1.165) is 11.8 Å². The van der Waals surface area contributed by atoms with E-state index >= 15 is 0 Å². The van der Waals surface area contributed by atoms with Gasteiger partial charge in [0.05, 0.1) is 16.7 Å². The largest absolute Gasteiger partial charge is 0.352 e. The molecule has 0 saturated heterocycles. The average molecular weight is 511 g/mol. The standard InChI is InChI=1S/C25H27FN6O3S/c1-4-10-31-23(35)19-9-8-16(22(34)27-13-15(2)3)11-20(19)32-24(31)29-30-25(32)36-14-21(33)28-18-7-5-6-17(26)12-18/h5-9,11-12,15H,4,10,13-14H2,1-3H3,(H,27,34)(H,28,33). The molecule has 2 aromatic heterocycles. The summed E-state index contributed by atoms with van der Waals surface area (Å²) in [5.74, 6) is -0.419. The van der Waals surface area contributed by atoms with Crippen molar-refractivity contribution in [1.29, 1.82) is 0 Å². The molecule has 0 unspecified atom stereocenters. The van der Waals surface area contributed by atoms with Crippen LogP contribution in [0.25, 0.3) is 16.7 Å². The van der Waals surface area contributed by atoms with Crippen molar-refractivity contribution in [3.05, 3.63) is 64.2 Å². The Labute approximate surface area is 211 Å². The van der Waals surface area contributed by atoms with Gasteiger partial charge in [0.25, 0.3) is 11.5 Å². The Morgan fingerprint density at radius 2 is 1.94 bits per heavy atom. The van der Waals surface area contributed by atoms with E-state index in [1.165, 1.54) is 18.2 Å². The number of rotatable bonds is 9. The minimum atomic E-state index is -0.447. The average Bonchev–Trinajstić information content (AvgIpc) is 3.27. The summed E-state index contributed by atoms with van der Waals surface area (Å²) in [7, 11) is 0. The molecule has 4 rings (SSSR count). The van der Waals surface area contributed by atoms with Gasteiger partial charge in [-0.1, -0.05) is 38.6 Å². The summed E-state index contributed by atoms with van der Waals surface area (Å²) in [4.78, 5) is 38.4. The fraction of sp³-hybridized carbons (Fsp3) is 0.320. The number of thioether (sulfide) groups is 1. The number of carbonyl (C=O) groups excluding carboxylic acids is 2. The number of halogens is 1. The lowest BCUT2D eigenvalue weighted by molar-refractivity contribution is -0.113. The smallest absolute Gasteiger partial charge is 0.262 e. The quantitative estimate of drug-likeness (QED) is 0.332. The van der Waals surface area contributed by atoms with Gasteiger partial charge >= 0.3 is 0 Å². The number of nitrogens with zero attached hydrogens (tertiary/aromatic N) is 4. The van der Waals surface area contributed by atoms with Gasteiger partial charge in [-0.3, -0.25) is 23.4 Å². The molecule has 2 amide bonds. The molecule has 0 saturated carbocycles. The Bertz CT molecular complexity index is 1500. The van der Waals surface area contributed by atoms with Crippen molar-refractivity contribution in [2.24, 2.45) is 5.92 Å². The second kappa shape index (κ2) is 10.9. The molecule has 4 aromatic rings. The summed E-state index contributed by atoms with van der Waals surface area (Å²) in [6.07, 6.45) is 0.710. The number of aryl methyl sites for hydroxylation is 1. The van der Waals surface area contributed by atoms with E-state index in [0.29, 0.717) is 58.5 Å². The van der Waals surface area contributed by atoms with E-state index < -0.39 is 5.82 Å². The minimum Gasteiger partial charge on any atom is -0.352 e. The molecule has 0 aliphatic heterocycles. The third-order valence-corrected chi connectivity index (χ3v) is 6.32. The predicted octanol–water partition coefficient (Wildman–Crippen LogP) is 3.71. The van der Waals surface area contributed by atoms with Crippen LogP contribution in [0.3, 0.4) is 0 Å². The number of anilines is 1. The van der Waals surface area contributed by atoms with E-state index in [1.807, 2.05) is 20.8 Å². The van der Waals surface area contributed by atoms with Crippen LogP contribution in [-0.2, 0) is 11.3 Å². The SMILES string of the molecule is CCCn1c(=O)c2ccc(C(=O)NCC(C)C)cc2n2c(SCC(=O)Nc3cccc(F)c3)nnc12. The number of benzene rings is 2. The van der Waals surface area contributed by atoms with Crippen molar-refractivity contribution in [2.75, 3.05) is 17.6 Å². The first-order chi connectivity index (χ1) is 17.3. The van der Waals surface area contributed by atoms with Crippen LogP contribution in [0.1, 0.15) is 37.6 Å². The first kappa shape index (κ1) is 25.4. The first-order valence-corrected chi connectivity index (χ1v) is 12.6. The molecule has 0 spiro atoms. The number of carbonyl (C=O) groups is 2. The molecule has 2 heterocycles. The summed E-state index contributed by atoms with van der Waals surface area (Å²) < 4.78 is 16.7. The molecule has 0 bridgehead atoms. The second-order valence-electron chi connectivity index (χ2n) is 8.76. The number of amides is 2. The molecule has 0 fully saturated rings. The zero-order chi connectivity index (χ0) is 25.8. The lowest BCUT2D eigenvalue weighted by Crippen LogP contribution is -2.28. The molecule has 36 heavy (non-hydrogen) atoms. The van der Waals surface area contributed by atoms with Gasteiger partial charge in [-0.2, -0.15) is 0 Å². The zero-order valence-corrected chi connectivity index (χ0v) is 21.1. The van der Waals surface area contributed by atoms with E-state index in [1.54, 1.807) is 33.2 Å². The van der Waals surface area contributed by atoms with Crippen LogP contribution >= 0.6 is 11.8 Å². The highest BCUT2D eigenvalue weighted by atomic mass is 32.2. The van der Waals surface area contributed by atoms with Crippen molar-refractivity contribution >= 4 is 45.9 Å². The lowest BCUT2D eigenvalue weighted by Gasteiger charge is -2.12. The molecular formula is C25H27FN6O3S. The third-order valence-electron chi connectivity index (χ3n) is 5.39. The molecule has 188 valence electrons.